The Morgan fingerprint density at radius 3 is 2.30 bits per heavy atom. The van der Waals surface area contributed by atoms with Crippen molar-refractivity contribution in [2.75, 3.05) is 32.7 Å². The van der Waals surface area contributed by atoms with Gasteiger partial charge in [0.15, 0.2) is 0 Å². The number of hydrogen-bond acceptors (Lipinski definition) is 3. The lowest BCUT2D eigenvalue weighted by molar-refractivity contribution is -0.124. The maximum Gasteiger partial charge on any atom is 0.258 e. The van der Waals surface area contributed by atoms with Crippen LogP contribution in [-0.4, -0.2) is 54.3 Å². The average molecular weight is 472 g/mol. The molecule has 0 aliphatic carbocycles. The van der Waals surface area contributed by atoms with Crippen molar-refractivity contribution in [2.45, 2.75) is 26.3 Å². The molecule has 33 heavy (non-hydrogen) atoms. The number of amides is 2. The Morgan fingerprint density at radius 1 is 1.03 bits per heavy atom. The molecule has 2 aromatic carbocycles. The van der Waals surface area contributed by atoms with E-state index in [1.54, 1.807) is 11.0 Å². The fourth-order valence-electron chi connectivity index (χ4n) is 4.96. The molecule has 1 N–H and O–H groups in total. The molecule has 3 unspecified atom stereocenters. The largest absolute Gasteiger partial charge is 0.349 e. The minimum absolute atomic E-state index is 0.0252. The zero-order valence-corrected chi connectivity index (χ0v) is 19.9. The van der Waals surface area contributed by atoms with Crippen LogP contribution in [-0.2, 0) is 4.79 Å². The van der Waals surface area contributed by atoms with Crippen LogP contribution in [0.4, 0.5) is 4.39 Å². The molecule has 0 aromatic heterocycles. The second-order valence-electron chi connectivity index (χ2n) is 9.50. The Hall–Kier alpha value is -2.44. The topological polar surface area (TPSA) is 52.7 Å². The van der Waals surface area contributed by atoms with E-state index in [1.807, 2.05) is 32.0 Å². The van der Waals surface area contributed by atoms with Crippen LogP contribution in [0, 0.1) is 23.6 Å². The van der Waals surface area contributed by atoms with Gasteiger partial charge < -0.3 is 15.1 Å². The van der Waals surface area contributed by atoms with E-state index in [0.29, 0.717) is 24.9 Å². The molecule has 2 saturated heterocycles. The predicted molar refractivity (Wildman–Crippen MR) is 128 cm³/mol. The number of nitrogens with zero attached hydrogens (tertiary/aromatic N) is 2. The van der Waals surface area contributed by atoms with Gasteiger partial charge in [0.1, 0.15) is 5.82 Å². The van der Waals surface area contributed by atoms with Gasteiger partial charge in [0.2, 0.25) is 5.91 Å². The highest BCUT2D eigenvalue weighted by Gasteiger charge is 2.42. The van der Waals surface area contributed by atoms with E-state index in [0.717, 1.165) is 31.6 Å². The summed E-state index contributed by atoms with van der Waals surface area (Å²) < 4.78 is 14.2. The van der Waals surface area contributed by atoms with Gasteiger partial charge >= 0.3 is 0 Å². The van der Waals surface area contributed by atoms with E-state index < -0.39 is 5.82 Å². The molecule has 0 spiro atoms. The second kappa shape index (κ2) is 10.2. The van der Waals surface area contributed by atoms with Crippen LogP contribution in [0.2, 0.25) is 5.02 Å². The third-order valence-electron chi connectivity index (χ3n) is 6.80. The number of likely N-dealkylation sites (tertiary alicyclic amines) is 2. The first-order valence-electron chi connectivity index (χ1n) is 11.6. The Balaban J connectivity index is 1.34. The van der Waals surface area contributed by atoms with Crippen molar-refractivity contribution < 1.29 is 14.0 Å². The SMILES string of the molecule is CC(C)C(=O)NC(CCN1CC2CN(C(=O)c3c(F)cccc3Cl)CC2C1)c1ccccc1. The van der Waals surface area contributed by atoms with Gasteiger partial charge in [-0.25, -0.2) is 4.39 Å². The smallest absolute Gasteiger partial charge is 0.258 e. The molecule has 0 radical (unpaired) electrons. The van der Waals surface area contributed by atoms with Crippen molar-refractivity contribution in [2.24, 2.45) is 17.8 Å². The number of fused-ring (bicyclic) bond motifs is 1. The van der Waals surface area contributed by atoms with Crippen molar-refractivity contribution in [3.05, 3.63) is 70.5 Å². The van der Waals surface area contributed by atoms with E-state index in [-0.39, 0.29) is 34.4 Å². The highest BCUT2D eigenvalue weighted by Crippen LogP contribution is 2.33. The number of benzene rings is 2. The molecular formula is C26H31ClFN3O2. The predicted octanol–water partition coefficient (Wildman–Crippen LogP) is 4.39. The van der Waals surface area contributed by atoms with Crippen LogP contribution in [0.5, 0.6) is 0 Å². The summed E-state index contributed by atoms with van der Waals surface area (Å²) in [6, 6.07) is 14.4. The van der Waals surface area contributed by atoms with Crippen LogP contribution in [0.1, 0.15) is 42.2 Å². The van der Waals surface area contributed by atoms with E-state index in [9.17, 15) is 14.0 Å². The van der Waals surface area contributed by atoms with Gasteiger partial charge in [-0.1, -0.05) is 61.8 Å². The first kappa shape index (κ1) is 23.7. The van der Waals surface area contributed by atoms with Gasteiger partial charge in [-0.05, 0) is 36.0 Å². The summed E-state index contributed by atoms with van der Waals surface area (Å²) in [5.74, 6) is -0.141. The lowest BCUT2D eigenvalue weighted by Crippen LogP contribution is -2.36. The van der Waals surface area contributed by atoms with Crippen molar-refractivity contribution in [1.82, 2.24) is 15.1 Å². The maximum atomic E-state index is 14.2. The zero-order chi connectivity index (χ0) is 23.5. The van der Waals surface area contributed by atoms with Gasteiger partial charge in [0.25, 0.3) is 5.91 Å². The van der Waals surface area contributed by atoms with E-state index in [4.69, 9.17) is 11.6 Å². The van der Waals surface area contributed by atoms with Gasteiger partial charge in [0, 0.05) is 38.6 Å². The molecule has 2 aliphatic rings. The monoisotopic (exact) mass is 471 g/mol. The third kappa shape index (κ3) is 5.39. The second-order valence-corrected chi connectivity index (χ2v) is 9.91. The molecule has 5 nitrogen and oxygen atoms in total. The van der Waals surface area contributed by atoms with E-state index in [2.05, 4.69) is 22.3 Å². The van der Waals surface area contributed by atoms with Gasteiger partial charge in [0.05, 0.1) is 16.6 Å². The van der Waals surface area contributed by atoms with Crippen molar-refractivity contribution in [3.8, 4) is 0 Å². The normalized spacial score (nSPS) is 21.3. The van der Waals surface area contributed by atoms with Gasteiger partial charge in [-0.2, -0.15) is 0 Å². The van der Waals surface area contributed by atoms with Crippen LogP contribution >= 0.6 is 11.6 Å². The highest BCUT2D eigenvalue weighted by atomic mass is 35.5. The Bertz CT molecular complexity index is 966. The fourth-order valence-corrected chi connectivity index (χ4v) is 5.20. The molecule has 3 atom stereocenters. The molecule has 0 saturated carbocycles. The maximum absolute atomic E-state index is 14.2. The highest BCUT2D eigenvalue weighted by molar-refractivity contribution is 6.33. The molecule has 0 bridgehead atoms. The van der Waals surface area contributed by atoms with E-state index in [1.165, 1.54) is 12.1 Å². The van der Waals surface area contributed by atoms with Crippen molar-refractivity contribution in [3.63, 3.8) is 0 Å². The minimum Gasteiger partial charge on any atom is -0.349 e. The van der Waals surface area contributed by atoms with Crippen LogP contribution in [0.3, 0.4) is 0 Å². The molecule has 7 heteroatoms. The molecule has 2 aliphatic heterocycles. The molecule has 2 amide bonds. The quantitative estimate of drug-likeness (QED) is 0.651. The number of carbonyl (C=O) groups excluding carboxylic acids is 2. The molecule has 2 aromatic rings. The summed E-state index contributed by atoms with van der Waals surface area (Å²) in [6.45, 7) is 7.73. The number of nitrogens with one attached hydrogen (secondary N) is 1. The van der Waals surface area contributed by atoms with E-state index >= 15 is 0 Å². The number of hydrogen-bond donors (Lipinski definition) is 1. The first-order valence-corrected chi connectivity index (χ1v) is 12.0. The molecule has 176 valence electrons. The molecule has 4 rings (SSSR count). The standard InChI is InChI=1S/C26H31ClFN3O2/c1-17(2)25(32)29-23(18-7-4-3-5-8-18)11-12-30-13-19-15-31(16-20(19)14-30)26(33)24-21(27)9-6-10-22(24)28/h3-10,17,19-20,23H,11-16H2,1-2H3,(H,29,32). The first-order chi connectivity index (χ1) is 15.8. The average Bonchev–Trinajstić information content (AvgIpc) is 3.35. The van der Waals surface area contributed by atoms with Crippen molar-refractivity contribution >= 4 is 23.4 Å². The molecule has 2 heterocycles. The summed E-state index contributed by atoms with van der Waals surface area (Å²) in [5.41, 5.74) is 1.09. The Morgan fingerprint density at radius 2 is 1.70 bits per heavy atom. The molecular weight excluding hydrogens is 441 g/mol. The lowest BCUT2D eigenvalue weighted by Gasteiger charge is -2.25. The number of carbonyl (C=O) groups is 2. The van der Waals surface area contributed by atoms with Crippen LogP contribution in [0.15, 0.2) is 48.5 Å². The number of halogens is 2. The summed E-state index contributed by atoms with van der Waals surface area (Å²) in [4.78, 5) is 29.4. The number of rotatable bonds is 7. The Labute approximate surface area is 199 Å². The molecule has 2 fully saturated rings. The lowest BCUT2D eigenvalue weighted by atomic mass is 10.0. The summed E-state index contributed by atoms with van der Waals surface area (Å²) >= 11 is 6.10. The summed E-state index contributed by atoms with van der Waals surface area (Å²) in [6.07, 6.45) is 0.829. The third-order valence-corrected chi connectivity index (χ3v) is 7.12. The fraction of sp³-hybridized carbons (Fsp3) is 0.462. The zero-order valence-electron chi connectivity index (χ0n) is 19.1. The minimum atomic E-state index is -0.568. The Kier molecular flexibility index (Phi) is 7.35. The van der Waals surface area contributed by atoms with Gasteiger partial charge in [-0.15, -0.1) is 0 Å². The van der Waals surface area contributed by atoms with Crippen LogP contribution in [0.25, 0.3) is 0 Å². The van der Waals surface area contributed by atoms with Crippen molar-refractivity contribution in [1.29, 1.82) is 0 Å². The summed E-state index contributed by atoms with van der Waals surface area (Å²) in [7, 11) is 0. The van der Waals surface area contributed by atoms with Gasteiger partial charge in [-0.3, -0.25) is 9.59 Å². The van der Waals surface area contributed by atoms with Crippen LogP contribution < -0.4 is 5.32 Å². The summed E-state index contributed by atoms with van der Waals surface area (Å²) in [5, 5.41) is 3.35.